The molecular formula is C14H18ClF2N. The van der Waals surface area contributed by atoms with Crippen molar-refractivity contribution in [3.8, 4) is 0 Å². The third kappa shape index (κ3) is 3.66. The van der Waals surface area contributed by atoms with Crippen LogP contribution in [0.25, 0.3) is 0 Å². The standard InChI is InChI=1S/C14H18ClF2N/c15-11-4-2-1-3-5-14(11)18-9-10-6-7-12(16)13(17)8-10/h6-8,11,14,18H,1-5,9H2. The van der Waals surface area contributed by atoms with Crippen LogP contribution in [0.5, 0.6) is 0 Å². The maximum absolute atomic E-state index is 13.1. The monoisotopic (exact) mass is 273 g/mol. The SMILES string of the molecule is Fc1ccc(CNC2CCCCCC2Cl)cc1F. The minimum Gasteiger partial charge on any atom is -0.308 e. The predicted octanol–water partition coefficient (Wildman–Crippen LogP) is 3.99. The molecule has 1 saturated carbocycles. The zero-order valence-electron chi connectivity index (χ0n) is 10.3. The molecular weight excluding hydrogens is 256 g/mol. The lowest BCUT2D eigenvalue weighted by molar-refractivity contribution is 0.461. The van der Waals surface area contributed by atoms with Gasteiger partial charge in [0.25, 0.3) is 0 Å². The molecule has 4 heteroatoms. The van der Waals surface area contributed by atoms with E-state index in [1.165, 1.54) is 25.3 Å². The molecule has 1 fully saturated rings. The van der Waals surface area contributed by atoms with Crippen molar-refractivity contribution >= 4 is 11.6 Å². The van der Waals surface area contributed by atoms with Gasteiger partial charge in [0.05, 0.1) is 0 Å². The maximum Gasteiger partial charge on any atom is 0.159 e. The summed E-state index contributed by atoms with van der Waals surface area (Å²) in [6.07, 6.45) is 5.66. The van der Waals surface area contributed by atoms with E-state index < -0.39 is 11.6 Å². The highest BCUT2D eigenvalue weighted by molar-refractivity contribution is 6.21. The summed E-state index contributed by atoms with van der Waals surface area (Å²) in [7, 11) is 0. The first-order valence-electron chi connectivity index (χ1n) is 6.48. The molecule has 0 radical (unpaired) electrons. The van der Waals surface area contributed by atoms with Gasteiger partial charge in [-0.05, 0) is 30.5 Å². The minimum atomic E-state index is -0.802. The van der Waals surface area contributed by atoms with Gasteiger partial charge in [-0.25, -0.2) is 8.78 Å². The summed E-state index contributed by atoms with van der Waals surface area (Å²) >= 11 is 6.31. The fraction of sp³-hybridized carbons (Fsp3) is 0.571. The fourth-order valence-electron chi connectivity index (χ4n) is 2.39. The Morgan fingerprint density at radius 3 is 2.67 bits per heavy atom. The summed E-state index contributed by atoms with van der Waals surface area (Å²) in [6.45, 7) is 0.533. The average Bonchev–Trinajstić information content (AvgIpc) is 2.56. The molecule has 2 rings (SSSR count). The highest BCUT2D eigenvalue weighted by Gasteiger charge is 2.20. The van der Waals surface area contributed by atoms with Gasteiger partial charge in [0.1, 0.15) is 0 Å². The number of alkyl halides is 1. The van der Waals surface area contributed by atoms with E-state index >= 15 is 0 Å². The molecule has 0 aliphatic heterocycles. The van der Waals surface area contributed by atoms with Crippen molar-refractivity contribution in [1.29, 1.82) is 0 Å². The van der Waals surface area contributed by atoms with Gasteiger partial charge in [-0.15, -0.1) is 11.6 Å². The van der Waals surface area contributed by atoms with E-state index in [0.29, 0.717) is 6.54 Å². The summed E-state index contributed by atoms with van der Waals surface area (Å²) in [6, 6.07) is 4.27. The fourth-order valence-corrected chi connectivity index (χ4v) is 2.76. The van der Waals surface area contributed by atoms with Gasteiger partial charge in [0.2, 0.25) is 0 Å². The van der Waals surface area contributed by atoms with Crippen LogP contribution in [0.1, 0.15) is 37.7 Å². The molecule has 100 valence electrons. The molecule has 2 unspecified atom stereocenters. The Balaban J connectivity index is 1.91. The minimum absolute atomic E-state index is 0.137. The quantitative estimate of drug-likeness (QED) is 0.648. The van der Waals surface area contributed by atoms with E-state index in [9.17, 15) is 8.78 Å². The van der Waals surface area contributed by atoms with Crippen LogP contribution in [0.15, 0.2) is 18.2 Å². The van der Waals surface area contributed by atoms with Crippen LogP contribution < -0.4 is 5.32 Å². The molecule has 1 aromatic rings. The van der Waals surface area contributed by atoms with Crippen LogP contribution in [0, 0.1) is 11.6 Å². The first kappa shape index (κ1) is 13.8. The van der Waals surface area contributed by atoms with Crippen molar-refractivity contribution in [2.45, 2.75) is 50.1 Å². The van der Waals surface area contributed by atoms with Crippen molar-refractivity contribution in [3.63, 3.8) is 0 Å². The molecule has 18 heavy (non-hydrogen) atoms. The smallest absolute Gasteiger partial charge is 0.159 e. The number of halogens is 3. The number of benzene rings is 1. The largest absolute Gasteiger partial charge is 0.308 e. The second-order valence-electron chi connectivity index (χ2n) is 4.89. The molecule has 1 aromatic carbocycles. The Morgan fingerprint density at radius 1 is 1.11 bits per heavy atom. The van der Waals surface area contributed by atoms with E-state index in [0.717, 1.165) is 24.5 Å². The first-order valence-corrected chi connectivity index (χ1v) is 6.92. The molecule has 0 spiro atoms. The zero-order chi connectivity index (χ0) is 13.0. The van der Waals surface area contributed by atoms with E-state index in [-0.39, 0.29) is 11.4 Å². The van der Waals surface area contributed by atoms with Crippen LogP contribution in [0.3, 0.4) is 0 Å². The summed E-state index contributed by atoms with van der Waals surface area (Å²) in [4.78, 5) is 0. The van der Waals surface area contributed by atoms with Crippen LogP contribution >= 0.6 is 11.6 Å². The molecule has 1 nitrogen and oxygen atoms in total. The Kier molecular flexibility index (Phi) is 4.95. The number of hydrogen-bond acceptors (Lipinski definition) is 1. The van der Waals surface area contributed by atoms with Crippen molar-refractivity contribution < 1.29 is 8.78 Å². The topological polar surface area (TPSA) is 12.0 Å². The van der Waals surface area contributed by atoms with Gasteiger partial charge < -0.3 is 5.32 Å². The highest BCUT2D eigenvalue weighted by Crippen LogP contribution is 2.22. The number of nitrogens with one attached hydrogen (secondary N) is 1. The molecule has 0 saturated heterocycles. The Morgan fingerprint density at radius 2 is 1.89 bits per heavy atom. The van der Waals surface area contributed by atoms with Crippen LogP contribution in [0.2, 0.25) is 0 Å². The third-order valence-electron chi connectivity index (χ3n) is 3.48. The maximum atomic E-state index is 13.1. The molecule has 1 aliphatic carbocycles. The van der Waals surface area contributed by atoms with Gasteiger partial charge in [-0.3, -0.25) is 0 Å². The van der Waals surface area contributed by atoms with Crippen LogP contribution in [-0.2, 0) is 6.54 Å². The van der Waals surface area contributed by atoms with E-state index in [1.807, 2.05) is 0 Å². The molecule has 2 atom stereocenters. The second kappa shape index (κ2) is 6.48. The van der Waals surface area contributed by atoms with E-state index in [2.05, 4.69) is 5.32 Å². The van der Waals surface area contributed by atoms with Gasteiger partial charge >= 0.3 is 0 Å². The Bertz CT molecular complexity index is 397. The average molecular weight is 274 g/mol. The number of hydrogen-bond donors (Lipinski definition) is 1. The summed E-state index contributed by atoms with van der Waals surface area (Å²) < 4.78 is 25.9. The van der Waals surface area contributed by atoms with Crippen LogP contribution in [-0.4, -0.2) is 11.4 Å². The zero-order valence-corrected chi connectivity index (χ0v) is 11.0. The third-order valence-corrected chi connectivity index (χ3v) is 4.01. The van der Waals surface area contributed by atoms with Gasteiger partial charge in [0.15, 0.2) is 11.6 Å². The highest BCUT2D eigenvalue weighted by atomic mass is 35.5. The molecule has 1 N–H and O–H groups in total. The van der Waals surface area contributed by atoms with Crippen molar-refractivity contribution in [3.05, 3.63) is 35.4 Å². The first-order chi connectivity index (χ1) is 8.66. The van der Waals surface area contributed by atoms with Crippen molar-refractivity contribution in [1.82, 2.24) is 5.32 Å². The lowest BCUT2D eigenvalue weighted by Gasteiger charge is -2.21. The van der Waals surface area contributed by atoms with Crippen molar-refractivity contribution in [2.24, 2.45) is 0 Å². The van der Waals surface area contributed by atoms with E-state index in [4.69, 9.17) is 11.6 Å². The Labute approximate surface area is 112 Å². The summed E-state index contributed by atoms with van der Waals surface area (Å²) in [5, 5.41) is 3.49. The van der Waals surface area contributed by atoms with E-state index in [1.54, 1.807) is 6.07 Å². The van der Waals surface area contributed by atoms with Gasteiger partial charge in [0, 0.05) is 18.0 Å². The predicted molar refractivity (Wildman–Crippen MR) is 69.7 cm³/mol. The normalized spacial score (nSPS) is 24.8. The van der Waals surface area contributed by atoms with Gasteiger partial charge in [-0.1, -0.05) is 25.3 Å². The Hall–Kier alpha value is -0.670. The molecule has 0 bridgehead atoms. The molecule has 0 aromatic heterocycles. The van der Waals surface area contributed by atoms with Gasteiger partial charge in [-0.2, -0.15) is 0 Å². The molecule has 1 aliphatic rings. The lowest BCUT2D eigenvalue weighted by atomic mass is 10.1. The summed E-state index contributed by atoms with van der Waals surface area (Å²) in [5.74, 6) is -1.60. The second-order valence-corrected chi connectivity index (χ2v) is 5.45. The molecule has 0 heterocycles. The summed E-state index contributed by atoms with van der Waals surface area (Å²) in [5.41, 5.74) is 0.752. The number of rotatable bonds is 3. The lowest BCUT2D eigenvalue weighted by Crippen LogP contribution is -2.35. The van der Waals surface area contributed by atoms with Crippen LogP contribution in [0.4, 0.5) is 8.78 Å². The van der Waals surface area contributed by atoms with Crippen molar-refractivity contribution in [2.75, 3.05) is 0 Å². The molecule has 0 amide bonds.